The first-order valence-corrected chi connectivity index (χ1v) is 8.10. The molecule has 1 rings (SSSR count). The number of nitrogens with one attached hydrogen (secondary N) is 1. The van der Waals surface area contributed by atoms with Crippen molar-refractivity contribution in [1.29, 1.82) is 0 Å². The summed E-state index contributed by atoms with van der Waals surface area (Å²) in [5, 5.41) is 11.3. The number of carbonyl (C=O) groups excluding carboxylic acids is 2. The van der Waals surface area contributed by atoms with E-state index >= 15 is 0 Å². The number of anilines is 1. The predicted molar refractivity (Wildman–Crippen MR) is 90.5 cm³/mol. The van der Waals surface area contributed by atoms with Gasteiger partial charge in [-0.3, -0.25) is 14.4 Å². The van der Waals surface area contributed by atoms with Gasteiger partial charge in [-0.05, 0) is 31.2 Å². The molecular formula is C16H22N2O4S. The molecule has 126 valence electrons. The normalized spacial score (nSPS) is 13.0. The zero-order chi connectivity index (χ0) is 17.6. The summed E-state index contributed by atoms with van der Waals surface area (Å²) in [6.07, 6.45) is 0. The van der Waals surface area contributed by atoms with Crippen LogP contribution >= 0.6 is 11.8 Å². The molecule has 2 atom stereocenters. The molecule has 0 spiro atoms. The average molecular weight is 338 g/mol. The molecule has 2 N–H and O–H groups in total. The molecule has 1 aromatic carbocycles. The Morgan fingerprint density at radius 1 is 1.22 bits per heavy atom. The summed E-state index contributed by atoms with van der Waals surface area (Å²) in [6, 6.07) is 7.22. The first-order chi connectivity index (χ1) is 10.7. The van der Waals surface area contributed by atoms with Crippen molar-refractivity contribution in [2.45, 2.75) is 30.9 Å². The van der Waals surface area contributed by atoms with E-state index in [0.29, 0.717) is 5.69 Å². The Balaban J connectivity index is 2.60. The summed E-state index contributed by atoms with van der Waals surface area (Å²) in [6.45, 7) is 4.99. The Morgan fingerprint density at radius 2 is 1.78 bits per heavy atom. The maximum Gasteiger partial charge on any atom is 0.308 e. The number of hydrogen-bond donors (Lipinski definition) is 2. The minimum atomic E-state index is -0.918. The van der Waals surface area contributed by atoms with E-state index in [4.69, 9.17) is 5.11 Å². The van der Waals surface area contributed by atoms with Gasteiger partial charge in [-0.2, -0.15) is 0 Å². The second-order valence-electron chi connectivity index (χ2n) is 5.42. The third kappa shape index (κ3) is 6.32. The van der Waals surface area contributed by atoms with Gasteiger partial charge in [0.2, 0.25) is 11.8 Å². The van der Waals surface area contributed by atoms with Gasteiger partial charge in [-0.1, -0.05) is 6.92 Å². The number of carboxylic acids is 1. The smallest absolute Gasteiger partial charge is 0.308 e. The molecule has 0 heterocycles. The summed E-state index contributed by atoms with van der Waals surface area (Å²) < 4.78 is 0. The second kappa shape index (κ2) is 8.57. The van der Waals surface area contributed by atoms with Crippen molar-refractivity contribution in [3.63, 3.8) is 0 Å². The molecule has 0 radical (unpaired) electrons. The molecule has 7 heteroatoms. The number of aliphatic carboxylic acids is 1. The average Bonchev–Trinajstić information content (AvgIpc) is 2.47. The zero-order valence-electron chi connectivity index (χ0n) is 13.7. The summed E-state index contributed by atoms with van der Waals surface area (Å²) in [5.41, 5.74) is 0.702. The van der Waals surface area contributed by atoms with Crippen LogP contribution in [-0.4, -0.2) is 46.6 Å². The van der Waals surface area contributed by atoms with Crippen LogP contribution in [0.1, 0.15) is 20.8 Å². The zero-order valence-corrected chi connectivity index (χ0v) is 14.5. The summed E-state index contributed by atoms with van der Waals surface area (Å²) >= 11 is 1.39. The number of amides is 2. The Hall–Kier alpha value is -2.02. The van der Waals surface area contributed by atoms with Crippen molar-refractivity contribution >= 4 is 35.2 Å². The number of carbonyl (C=O) groups is 3. The van der Waals surface area contributed by atoms with Crippen molar-refractivity contribution in [2.75, 3.05) is 18.9 Å². The largest absolute Gasteiger partial charge is 0.481 e. The highest BCUT2D eigenvalue weighted by Crippen LogP contribution is 2.25. The summed E-state index contributed by atoms with van der Waals surface area (Å²) in [7, 11) is 1.61. The minimum Gasteiger partial charge on any atom is -0.481 e. The number of benzene rings is 1. The molecule has 0 saturated heterocycles. The molecule has 0 aliphatic carbocycles. The molecule has 1 aromatic rings. The number of hydrogen-bond acceptors (Lipinski definition) is 4. The van der Waals surface area contributed by atoms with Crippen molar-refractivity contribution in [2.24, 2.45) is 5.92 Å². The van der Waals surface area contributed by atoms with E-state index in [1.165, 1.54) is 23.6 Å². The third-order valence-corrected chi connectivity index (χ3v) is 4.28. The SMILES string of the molecule is CC(=O)Nc1ccc(SC(C)C(=O)N(C)CC(C)C(=O)O)cc1. The van der Waals surface area contributed by atoms with Gasteiger partial charge in [-0.15, -0.1) is 11.8 Å². The molecule has 0 bridgehead atoms. The van der Waals surface area contributed by atoms with E-state index in [0.717, 1.165) is 4.90 Å². The van der Waals surface area contributed by atoms with Gasteiger partial charge < -0.3 is 15.3 Å². The topological polar surface area (TPSA) is 86.7 Å². The van der Waals surface area contributed by atoms with Crippen LogP contribution in [0.25, 0.3) is 0 Å². The lowest BCUT2D eigenvalue weighted by Crippen LogP contribution is -2.37. The molecule has 0 fully saturated rings. The number of rotatable bonds is 7. The fourth-order valence-electron chi connectivity index (χ4n) is 1.96. The fraction of sp³-hybridized carbons (Fsp3) is 0.438. The molecule has 0 saturated carbocycles. The first-order valence-electron chi connectivity index (χ1n) is 7.22. The first kappa shape index (κ1) is 19.0. The fourth-order valence-corrected chi connectivity index (χ4v) is 2.95. The van der Waals surface area contributed by atoms with E-state index in [1.54, 1.807) is 33.0 Å². The summed E-state index contributed by atoms with van der Waals surface area (Å²) in [5.74, 6) is -1.77. The van der Waals surface area contributed by atoms with Crippen LogP contribution in [0.2, 0.25) is 0 Å². The van der Waals surface area contributed by atoms with Gasteiger partial charge in [0.15, 0.2) is 0 Å². The van der Waals surface area contributed by atoms with E-state index < -0.39 is 11.9 Å². The second-order valence-corrected chi connectivity index (χ2v) is 6.84. The lowest BCUT2D eigenvalue weighted by molar-refractivity contribution is -0.142. The van der Waals surface area contributed by atoms with Crippen LogP contribution in [-0.2, 0) is 14.4 Å². The Morgan fingerprint density at radius 3 is 2.26 bits per heavy atom. The van der Waals surface area contributed by atoms with Crippen LogP contribution < -0.4 is 5.32 Å². The molecule has 23 heavy (non-hydrogen) atoms. The maximum absolute atomic E-state index is 12.3. The van der Waals surface area contributed by atoms with Crippen molar-refractivity contribution in [1.82, 2.24) is 4.90 Å². The van der Waals surface area contributed by atoms with E-state index in [1.807, 2.05) is 12.1 Å². The maximum atomic E-state index is 12.3. The van der Waals surface area contributed by atoms with Gasteiger partial charge in [0, 0.05) is 31.1 Å². The molecule has 0 aliphatic heterocycles. The van der Waals surface area contributed by atoms with Crippen molar-refractivity contribution in [3.05, 3.63) is 24.3 Å². The highest BCUT2D eigenvalue weighted by Gasteiger charge is 2.22. The van der Waals surface area contributed by atoms with E-state index in [-0.39, 0.29) is 23.6 Å². The van der Waals surface area contributed by atoms with Crippen LogP contribution in [0.5, 0.6) is 0 Å². The van der Waals surface area contributed by atoms with Crippen LogP contribution in [0.3, 0.4) is 0 Å². The molecule has 2 amide bonds. The van der Waals surface area contributed by atoms with Crippen LogP contribution in [0.15, 0.2) is 29.2 Å². The predicted octanol–water partition coefficient (Wildman–Crippen LogP) is 2.30. The van der Waals surface area contributed by atoms with Gasteiger partial charge in [0.1, 0.15) is 0 Å². The third-order valence-electron chi connectivity index (χ3n) is 3.18. The van der Waals surface area contributed by atoms with E-state index in [9.17, 15) is 14.4 Å². The van der Waals surface area contributed by atoms with Crippen molar-refractivity contribution < 1.29 is 19.5 Å². The Kier molecular flexibility index (Phi) is 7.09. The molecule has 2 unspecified atom stereocenters. The van der Waals surface area contributed by atoms with Crippen LogP contribution in [0, 0.1) is 5.92 Å². The minimum absolute atomic E-state index is 0.117. The Bertz CT molecular complexity index is 574. The van der Waals surface area contributed by atoms with Crippen LogP contribution in [0.4, 0.5) is 5.69 Å². The number of carboxylic acid groups (broad SMARTS) is 1. The monoisotopic (exact) mass is 338 g/mol. The van der Waals surface area contributed by atoms with Gasteiger partial charge >= 0.3 is 5.97 Å². The molecule has 0 aromatic heterocycles. The lowest BCUT2D eigenvalue weighted by Gasteiger charge is -2.22. The summed E-state index contributed by atoms with van der Waals surface area (Å²) in [4.78, 5) is 36.4. The standard InChI is InChI=1S/C16H22N2O4S/c1-10(16(21)22)9-18(4)15(20)11(2)23-14-7-5-13(6-8-14)17-12(3)19/h5-8,10-11H,9H2,1-4H3,(H,17,19)(H,21,22). The lowest BCUT2D eigenvalue weighted by atomic mass is 10.2. The number of nitrogens with zero attached hydrogens (tertiary/aromatic N) is 1. The molecular weight excluding hydrogens is 316 g/mol. The molecule has 0 aliphatic rings. The molecule has 6 nitrogen and oxygen atoms in total. The highest BCUT2D eigenvalue weighted by molar-refractivity contribution is 8.00. The Labute approximate surface area is 140 Å². The van der Waals surface area contributed by atoms with E-state index in [2.05, 4.69) is 5.32 Å². The van der Waals surface area contributed by atoms with Gasteiger partial charge in [0.05, 0.1) is 11.2 Å². The number of thioether (sulfide) groups is 1. The van der Waals surface area contributed by atoms with Crippen molar-refractivity contribution in [3.8, 4) is 0 Å². The quantitative estimate of drug-likeness (QED) is 0.745. The van der Waals surface area contributed by atoms with Gasteiger partial charge in [0.25, 0.3) is 0 Å². The van der Waals surface area contributed by atoms with Gasteiger partial charge in [-0.25, -0.2) is 0 Å². The highest BCUT2D eigenvalue weighted by atomic mass is 32.2.